The summed E-state index contributed by atoms with van der Waals surface area (Å²) in [5.74, 6) is 0. The van der Waals surface area contributed by atoms with Crippen molar-refractivity contribution >= 4 is 39.0 Å². The Bertz CT molecular complexity index is 1250. The van der Waals surface area contributed by atoms with E-state index in [1.165, 1.54) is 6.07 Å². The first kappa shape index (κ1) is 15.6. The molecule has 0 unspecified atom stereocenters. The van der Waals surface area contributed by atoms with Crippen molar-refractivity contribution in [2.24, 2.45) is 0 Å². The molecule has 0 bridgehead atoms. The number of hydrogen-bond acceptors (Lipinski definition) is 3. The SMILES string of the molecule is O=C(Nc1cccc2ccccc12)Nc1cccc2c(=O)[nH][nH]c(=O)c12. The fourth-order valence-electron chi connectivity index (χ4n) is 2.94. The highest BCUT2D eigenvalue weighted by Crippen LogP contribution is 2.23. The van der Waals surface area contributed by atoms with Gasteiger partial charge in [-0.3, -0.25) is 19.8 Å². The minimum atomic E-state index is -0.506. The number of hydrogen-bond donors (Lipinski definition) is 4. The number of H-pyrrole nitrogens is 2. The summed E-state index contributed by atoms with van der Waals surface area (Å²) >= 11 is 0. The van der Waals surface area contributed by atoms with Gasteiger partial charge in [0.2, 0.25) is 0 Å². The number of urea groups is 1. The van der Waals surface area contributed by atoms with Crippen molar-refractivity contribution in [1.29, 1.82) is 0 Å². The van der Waals surface area contributed by atoms with Crippen molar-refractivity contribution in [3.63, 3.8) is 0 Å². The molecule has 1 heterocycles. The zero-order valence-corrected chi connectivity index (χ0v) is 13.5. The summed E-state index contributed by atoms with van der Waals surface area (Å²) in [6.07, 6.45) is 0. The van der Waals surface area contributed by atoms with E-state index in [0.717, 1.165) is 10.8 Å². The lowest BCUT2D eigenvalue weighted by molar-refractivity contribution is 0.262. The normalized spacial score (nSPS) is 10.8. The second kappa shape index (κ2) is 6.21. The van der Waals surface area contributed by atoms with Gasteiger partial charge in [-0.15, -0.1) is 0 Å². The molecule has 128 valence electrons. The van der Waals surface area contributed by atoms with E-state index in [-0.39, 0.29) is 16.5 Å². The molecule has 4 rings (SSSR count). The highest BCUT2D eigenvalue weighted by Gasteiger charge is 2.11. The van der Waals surface area contributed by atoms with Crippen LogP contribution in [0.5, 0.6) is 0 Å². The third kappa shape index (κ3) is 2.71. The average Bonchev–Trinajstić information content (AvgIpc) is 2.65. The van der Waals surface area contributed by atoms with Crippen molar-refractivity contribution in [3.05, 3.63) is 81.4 Å². The number of aromatic nitrogens is 2. The van der Waals surface area contributed by atoms with Gasteiger partial charge in [0.1, 0.15) is 0 Å². The monoisotopic (exact) mass is 346 g/mol. The average molecular weight is 346 g/mol. The van der Waals surface area contributed by atoms with Crippen LogP contribution in [0.4, 0.5) is 16.2 Å². The van der Waals surface area contributed by atoms with Crippen LogP contribution >= 0.6 is 0 Å². The number of carbonyl (C=O) groups is 1. The van der Waals surface area contributed by atoms with Crippen LogP contribution in [0, 0.1) is 0 Å². The molecule has 0 aliphatic carbocycles. The molecule has 4 N–H and O–H groups in total. The summed E-state index contributed by atoms with van der Waals surface area (Å²) < 4.78 is 0. The number of nitrogens with one attached hydrogen (secondary N) is 4. The lowest BCUT2D eigenvalue weighted by Gasteiger charge is -2.11. The van der Waals surface area contributed by atoms with Crippen molar-refractivity contribution in [2.45, 2.75) is 0 Å². The summed E-state index contributed by atoms with van der Waals surface area (Å²) in [7, 11) is 0. The van der Waals surface area contributed by atoms with Gasteiger partial charge in [0.25, 0.3) is 11.1 Å². The smallest absolute Gasteiger partial charge is 0.307 e. The molecule has 7 heteroatoms. The molecule has 2 amide bonds. The van der Waals surface area contributed by atoms with Gasteiger partial charge in [0, 0.05) is 5.39 Å². The van der Waals surface area contributed by atoms with E-state index in [1.807, 2.05) is 36.4 Å². The van der Waals surface area contributed by atoms with Crippen LogP contribution in [0.2, 0.25) is 0 Å². The fourth-order valence-corrected chi connectivity index (χ4v) is 2.94. The maximum atomic E-state index is 12.4. The largest absolute Gasteiger partial charge is 0.323 e. The molecule has 0 aliphatic heterocycles. The van der Waals surface area contributed by atoms with Gasteiger partial charge in [-0.2, -0.15) is 0 Å². The van der Waals surface area contributed by atoms with Gasteiger partial charge >= 0.3 is 6.03 Å². The summed E-state index contributed by atoms with van der Waals surface area (Å²) in [5, 5.41) is 12.2. The number of benzene rings is 3. The summed E-state index contributed by atoms with van der Waals surface area (Å²) in [6.45, 7) is 0. The Kier molecular flexibility index (Phi) is 3.74. The maximum absolute atomic E-state index is 12.4. The second-order valence-electron chi connectivity index (χ2n) is 5.74. The van der Waals surface area contributed by atoms with Crippen LogP contribution in [-0.2, 0) is 0 Å². The Labute approximate surface area is 146 Å². The Morgan fingerprint density at radius 2 is 1.31 bits per heavy atom. The molecule has 4 aromatic rings. The lowest BCUT2D eigenvalue weighted by Crippen LogP contribution is -2.23. The van der Waals surface area contributed by atoms with Crippen LogP contribution in [0.1, 0.15) is 0 Å². The Morgan fingerprint density at radius 1 is 0.692 bits per heavy atom. The maximum Gasteiger partial charge on any atom is 0.323 e. The highest BCUT2D eigenvalue weighted by molar-refractivity contribution is 6.09. The van der Waals surface area contributed by atoms with Crippen LogP contribution in [0.3, 0.4) is 0 Å². The molecular formula is C19H14N4O3. The zero-order chi connectivity index (χ0) is 18.1. The minimum Gasteiger partial charge on any atom is -0.307 e. The predicted octanol–water partition coefficient (Wildman–Crippen LogP) is 3.01. The third-order valence-corrected chi connectivity index (χ3v) is 4.11. The molecule has 0 spiro atoms. The Morgan fingerprint density at radius 3 is 2.19 bits per heavy atom. The van der Waals surface area contributed by atoms with Gasteiger partial charge in [0.05, 0.1) is 22.1 Å². The number of anilines is 2. The topological polar surface area (TPSA) is 107 Å². The van der Waals surface area contributed by atoms with E-state index in [1.54, 1.807) is 18.2 Å². The van der Waals surface area contributed by atoms with Gasteiger partial charge in [-0.1, -0.05) is 42.5 Å². The highest BCUT2D eigenvalue weighted by atomic mass is 16.2. The minimum absolute atomic E-state index is 0.129. The van der Waals surface area contributed by atoms with E-state index in [2.05, 4.69) is 20.8 Å². The third-order valence-electron chi connectivity index (χ3n) is 4.11. The Balaban J connectivity index is 1.69. The van der Waals surface area contributed by atoms with E-state index >= 15 is 0 Å². The van der Waals surface area contributed by atoms with E-state index in [9.17, 15) is 14.4 Å². The summed E-state index contributed by atoms with van der Waals surface area (Å²) in [4.78, 5) is 36.4. The molecule has 0 fully saturated rings. The van der Waals surface area contributed by atoms with Crippen LogP contribution in [0.15, 0.2) is 70.3 Å². The first-order chi connectivity index (χ1) is 12.6. The standard InChI is InChI=1S/C19H14N4O3/c24-17-13-8-4-10-15(16(13)18(25)23-22-17)21-19(26)20-14-9-3-6-11-5-1-2-7-12(11)14/h1-10H,(H,22,24)(H,23,25)(H2,20,21,26). The molecule has 0 atom stereocenters. The van der Waals surface area contributed by atoms with Crippen molar-refractivity contribution in [3.8, 4) is 0 Å². The van der Waals surface area contributed by atoms with Crippen LogP contribution in [-0.4, -0.2) is 16.2 Å². The predicted molar refractivity (Wildman–Crippen MR) is 102 cm³/mol. The molecule has 0 saturated heterocycles. The van der Waals surface area contributed by atoms with Crippen molar-refractivity contribution in [2.75, 3.05) is 10.6 Å². The lowest BCUT2D eigenvalue weighted by atomic mass is 10.1. The fraction of sp³-hybridized carbons (Fsp3) is 0. The second-order valence-corrected chi connectivity index (χ2v) is 5.74. The van der Waals surface area contributed by atoms with Crippen molar-refractivity contribution < 1.29 is 4.79 Å². The molecule has 0 saturated carbocycles. The quantitative estimate of drug-likeness (QED) is 0.448. The number of carbonyl (C=O) groups excluding carboxylic acids is 1. The number of rotatable bonds is 2. The van der Waals surface area contributed by atoms with E-state index in [0.29, 0.717) is 5.69 Å². The molecule has 0 aliphatic rings. The molecule has 1 aromatic heterocycles. The van der Waals surface area contributed by atoms with Gasteiger partial charge in [-0.05, 0) is 23.6 Å². The molecule has 26 heavy (non-hydrogen) atoms. The number of fused-ring (bicyclic) bond motifs is 2. The van der Waals surface area contributed by atoms with Crippen LogP contribution < -0.4 is 21.8 Å². The van der Waals surface area contributed by atoms with Gasteiger partial charge in [0.15, 0.2) is 0 Å². The van der Waals surface area contributed by atoms with Gasteiger partial charge < -0.3 is 10.6 Å². The molecular weight excluding hydrogens is 332 g/mol. The van der Waals surface area contributed by atoms with Crippen molar-refractivity contribution in [1.82, 2.24) is 10.2 Å². The Hall–Kier alpha value is -3.87. The number of amides is 2. The van der Waals surface area contributed by atoms with E-state index < -0.39 is 17.1 Å². The summed E-state index contributed by atoms with van der Waals surface area (Å²) in [5.41, 5.74) is -0.0152. The van der Waals surface area contributed by atoms with Crippen LogP contribution in [0.25, 0.3) is 21.5 Å². The first-order valence-electron chi connectivity index (χ1n) is 7.93. The number of aromatic amines is 2. The molecule has 0 radical (unpaired) electrons. The first-order valence-corrected chi connectivity index (χ1v) is 7.93. The zero-order valence-electron chi connectivity index (χ0n) is 13.5. The molecule has 7 nitrogen and oxygen atoms in total. The molecule has 3 aromatic carbocycles. The summed E-state index contributed by atoms with van der Waals surface area (Å²) in [6, 6.07) is 17.5. The van der Waals surface area contributed by atoms with E-state index in [4.69, 9.17) is 0 Å². The van der Waals surface area contributed by atoms with Gasteiger partial charge in [-0.25, -0.2) is 4.79 Å².